The Hall–Kier alpha value is -0.730. The summed E-state index contributed by atoms with van der Waals surface area (Å²) < 4.78 is 0. The van der Waals surface area contributed by atoms with Gasteiger partial charge in [0.1, 0.15) is 0 Å². The molecule has 1 aliphatic heterocycles. The lowest BCUT2D eigenvalue weighted by Gasteiger charge is -2.19. The van der Waals surface area contributed by atoms with E-state index < -0.39 is 0 Å². The first-order valence-electron chi connectivity index (χ1n) is 7.27. The molecular formula is C16H27ClN2. The van der Waals surface area contributed by atoms with Crippen molar-refractivity contribution in [1.82, 2.24) is 0 Å². The van der Waals surface area contributed by atoms with Gasteiger partial charge in [-0.25, -0.2) is 0 Å². The Morgan fingerprint density at radius 3 is 2.16 bits per heavy atom. The predicted molar refractivity (Wildman–Crippen MR) is 86.1 cm³/mol. The molecule has 2 N–H and O–H groups in total. The molecule has 1 saturated heterocycles. The lowest BCUT2D eigenvalue weighted by atomic mass is 9.98. The average Bonchev–Trinajstić information content (AvgIpc) is 2.90. The molecule has 0 unspecified atom stereocenters. The molecule has 0 saturated carbocycles. The number of benzene rings is 1. The van der Waals surface area contributed by atoms with E-state index in [1.54, 1.807) is 0 Å². The van der Waals surface area contributed by atoms with Crippen molar-refractivity contribution in [3.05, 3.63) is 29.8 Å². The zero-order valence-electron chi connectivity index (χ0n) is 12.1. The molecule has 1 aromatic carbocycles. The maximum atomic E-state index is 6.23. The third-order valence-electron chi connectivity index (χ3n) is 3.85. The van der Waals surface area contributed by atoms with Gasteiger partial charge in [0.2, 0.25) is 0 Å². The minimum absolute atomic E-state index is 0. The molecule has 1 heterocycles. The molecule has 108 valence electrons. The third-order valence-corrected chi connectivity index (χ3v) is 3.85. The van der Waals surface area contributed by atoms with E-state index in [4.69, 9.17) is 5.73 Å². The zero-order valence-corrected chi connectivity index (χ0v) is 13.0. The standard InChI is InChI=1S/C16H26N2.ClH/c1-13(2)5-10-16(17)14-6-8-15(9-7-14)18-11-3-4-12-18;/h6-9,13,16H,3-5,10-12,17H2,1-2H3;1H/t16-;/m0./s1. The molecule has 0 spiro atoms. The highest BCUT2D eigenvalue weighted by Gasteiger charge is 2.13. The number of hydrogen-bond donors (Lipinski definition) is 1. The van der Waals surface area contributed by atoms with Gasteiger partial charge in [0.15, 0.2) is 0 Å². The number of rotatable bonds is 5. The van der Waals surface area contributed by atoms with Crippen LogP contribution in [0.15, 0.2) is 24.3 Å². The molecule has 2 nitrogen and oxygen atoms in total. The molecular weight excluding hydrogens is 256 g/mol. The van der Waals surface area contributed by atoms with Gasteiger partial charge in [-0.1, -0.05) is 26.0 Å². The van der Waals surface area contributed by atoms with Crippen LogP contribution in [0.4, 0.5) is 5.69 Å². The summed E-state index contributed by atoms with van der Waals surface area (Å²) in [4.78, 5) is 2.46. The van der Waals surface area contributed by atoms with Gasteiger partial charge in [0.25, 0.3) is 0 Å². The normalized spacial score (nSPS) is 16.5. The fraction of sp³-hybridized carbons (Fsp3) is 0.625. The molecule has 1 atom stereocenters. The number of hydrogen-bond acceptors (Lipinski definition) is 2. The number of nitrogens with zero attached hydrogens (tertiary/aromatic N) is 1. The van der Waals surface area contributed by atoms with Gasteiger partial charge in [-0.2, -0.15) is 0 Å². The van der Waals surface area contributed by atoms with Crippen molar-refractivity contribution < 1.29 is 0 Å². The van der Waals surface area contributed by atoms with Crippen molar-refractivity contribution in [2.24, 2.45) is 11.7 Å². The van der Waals surface area contributed by atoms with Crippen LogP contribution >= 0.6 is 12.4 Å². The molecule has 0 bridgehead atoms. The number of halogens is 1. The summed E-state index contributed by atoms with van der Waals surface area (Å²) >= 11 is 0. The van der Waals surface area contributed by atoms with Gasteiger partial charge in [0.05, 0.1) is 0 Å². The summed E-state index contributed by atoms with van der Waals surface area (Å²) in [6, 6.07) is 9.07. The predicted octanol–water partition coefficient (Wildman–Crippen LogP) is 4.14. The Morgan fingerprint density at radius 2 is 1.63 bits per heavy atom. The van der Waals surface area contributed by atoms with Crippen molar-refractivity contribution in [2.75, 3.05) is 18.0 Å². The Morgan fingerprint density at radius 1 is 1.05 bits per heavy atom. The molecule has 1 aliphatic rings. The van der Waals surface area contributed by atoms with Gasteiger partial charge in [-0.05, 0) is 49.3 Å². The van der Waals surface area contributed by atoms with Crippen LogP contribution in [-0.4, -0.2) is 13.1 Å². The molecule has 19 heavy (non-hydrogen) atoms. The summed E-state index contributed by atoms with van der Waals surface area (Å²) in [7, 11) is 0. The van der Waals surface area contributed by atoms with E-state index in [1.807, 2.05) is 0 Å². The van der Waals surface area contributed by atoms with Crippen molar-refractivity contribution in [1.29, 1.82) is 0 Å². The van der Waals surface area contributed by atoms with E-state index in [2.05, 4.69) is 43.0 Å². The van der Waals surface area contributed by atoms with E-state index in [0.29, 0.717) is 0 Å². The van der Waals surface area contributed by atoms with E-state index in [9.17, 15) is 0 Å². The number of nitrogens with two attached hydrogens (primary N) is 1. The van der Waals surface area contributed by atoms with Gasteiger partial charge in [-0.15, -0.1) is 12.4 Å². The van der Waals surface area contributed by atoms with Crippen LogP contribution in [0.5, 0.6) is 0 Å². The molecule has 0 amide bonds. The average molecular weight is 283 g/mol. The topological polar surface area (TPSA) is 29.3 Å². The zero-order chi connectivity index (χ0) is 13.0. The van der Waals surface area contributed by atoms with E-state index in [0.717, 1.165) is 12.3 Å². The van der Waals surface area contributed by atoms with Gasteiger partial charge >= 0.3 is 0 Å². The molecule has 3 heteroatoms. The SMILES string of the molecule is CC(C)CC[C@H](N)c1ccc(N2CCCC2)cc1.Cl. The molecule has 0 aromatic heterocycles. The highest BCUT2D eigenvalue weighted by atomic mass is 35.5. The van der Waals surface area contributed by atoms with E-state index >= 15 is 0 Å². The first-order valence-corrected chi connectivity index (χ1v) is 7.27. The molecule has 0 aliphatic carbocycles. The Labute approximate surface area is 123 Å². The first kappa shape index (κ1) is 16.3. The van der Waals surface area contributed by atoms with Gasteiger partial charge in [-0.3, -0.25) is 0 Å². The van der Waals surface area contributed by atoms with Crippen molar-refractivity contribution in [3.8, 4) is 0 Å². The minimum atomic E-state index is 0. The molecule has 0 radical (unpaired) electrons. The van der Waals surface area contributed by atoms with Crippen LogP contribution in [0, 0.1) is 5.92 Å². The fourth-order valence-corrected chi connectivity index (χ4v) is 2.59. The van der Waals surface area contributed by atoms with Gasteiger partial charge in [0, 0.05) is 24.8 Å². The van der Waals surface area contributed by atoms with Crippen molar-refractivity contribution >= 4 is 18.1 Å². The second kappa shape index (κ2) is 7.76. The second-order valence-electron chi connectivity index (χ2n) is 5.86. The lowest BCUT2D eigenvalue weighted by Crippen LogP contribution is -2.17. The Balaban J connectivity index is 0.00000180. The van der Waals surface area contributed by atoms with Crippen LogP contribution < -0.4 is 10.6 Å². The van der Waals surface area contributed by atoms with Crippen molar-refractivity contribution in [3.63, 3.8) is 0 Å². The summed E-state index contributed by atoms with van der Waals surface area (Å²) in [5, 5.41) is 0. The highest BCUT2D eigenvalue weighted by Crippen LogP contribution is 2.24. The molecule has 1 aromatic rings. The Kier molecular flexibility index (Phi) is 6.67. The van der Waals surface area contributed by atoms with E-state index in [1.165, 1.54) is 43.6 Å². The lowest BCUT2D eigenvalue weighted by molar-refractivity contribution is 0.507. The summed E-state index contributed by atoms with van der Waals surface area (Å²) in [6.07, 6.45) is 4.95. The van der Waals surface area contributed by atoms with Gasteiger partial charge < -0.3 is 10.6 Å². The largest absolute Gasteiger partial charge is 0.372 e. The number of anilines is 1. The van der Waals surface area contributed by atoms with Crippen LogP contribution in [0.2, 0.25) is 0 Å². The quantitative estimate of drug-likeness (QED) is 0.879. The maximum Gasteiger partial charge on any atom is 0.0366 e. The summed E-state index contributed by atoms with van der Waals surface area (Å²) in [6.45, 7) is 6.92. The maximum absolute atomic E-state index is 6.23. The van der Waals surface area contributed by atoms with Crippen LogP contribution in [0.1, 0.15) is 51.1 Å². The monoisotopic (exact) mass is 282 g/mol. The smallest absolute Gasteiger partial charge is 0.0366 e. The van der Waals surface area contributed by atoms with E-state index in [-0.39, 0.29) is 18.4 Å². The first-order chi connectivity index (χ1) is 8.66. The Bertz CT molecular complexity index is 356. The fourth-order valence-electron chi connectivity index (χ4n) is 2.59. The highest BCUT2D eigenvalue weighted by molar-refractivity contribution is 5.85. The van der Waals surface area contributed by atoms with Crippen LogP contribution in [0.25, 0.3) is 0 Å². The van der Waals surface area contributed by atoms with Crippen LogP contribution in [-0.2, 0) is 0 Å². The summed E-state index contributed by atoms with van der Waals surface area (Å²) in [5.74, 6) is 0.736. The molecule has 2 rings (SSSR count). The van der Waals surface area contributed by atoms with Crippen LogP contribution in [0.3, 0.4) is 0 Å². The summed E-state index contributed by atoms with van der Waals surface area (Å²) in [5.41, 5.74) is 8.86. The second-order valence-corrected chi connectivity index (χ2v) is 5.86. The molecule has 1 fully saturated rings. The third kappa shape index (κ3) is 4.70. The minimum Gasteiger partial charge on any atom is -0.372 e. The van der Waals surface area contributed by atoms with Crippen molar-refractivity contribution in [2.45, 2.75) is 45.6 Å².